The van der Waals surface area contributed by atoms with Crippen molar-refractivity contribution >= 4 is 39.0 Å². The quantitative estimate of drug-likeness (QED) is 0.167. The fraction of sp³-hybridized carbons (Fsp3) is 0.100. The number of fused-ring (bicyclic) bond motifs is 10. The molecule has 2 aliphatic carbocycles. The molecule has 2 aliphatic rings. The lowest BCUT2D eigenvalue weighted by Crippen LogP contribution is -2.15. The minimum absolute atomic E-state index is 0.0418. The highest BCUT2D eigenvalue weighted by Crippen LogP contribution is 2.54. The first-order valence-electron chi connectivity index (χ1n) is 21.7. The van der Waals surface area contributed by atoms with E-state index >= 15 is 0 Å². The molecule has 0 unspecified atom stereocenters. The van der Waals surface area contributed by atoms with E-state index in [0.29, 0.717) is 0 Å². The maximum Gasteiger partial charge on any atom is 0.140 e. The van der Waals surface area contributed by atoms with Crippen LogP contribution in [0.1, 0.15) is 49.9 Å². The van der Waals surface area contributed by atoms with Gasteiger partial charge in [-0.25, -0.2) is 0 Å². The van der Waals surface area contributed by atoms with E-state index in [0.717, 1.165) is 28.2 Å². The molecule has 0 bridgehead atoms. The maximum absolute atomic E-state index is 6.57. The van der Waals surface area contributed by atoms with Gasteiger partial charge in [-0.15, -0.1) is 0 Å². The van der Waals surface area contributed by atoms with Crippen LogP contribution in [0.2, 0.25) is 0 Å². The smallest absolute Gasteiger partial charge is 0.140 e. The molecule has 1 aromatic heterocycles. The Hall–Kier alpha value is -7.42. The average molecular weight is 796 g/mol. The van der Waals surface area contributed by atoms with Gasteiger partial charge in [-0.1, -0.05) is 167 Å². The minimum Gasteiger partial charge on any atom is -0.456 e. The van der Waals surface area contributed by atoms with Crippen molar-refractivity contribution in [3.63, 3.8) is 0 Å². The van der Waals surface area contributed by atoms with Gasteiger partial charge in [0.05, 0.1) is 0 Å². The average Bonchev–Trinajstić information content (AvgIpc) is 3.89. The van der Waals surface area contributed by atoms with Gasteiger partial charge in [0, 0.05) is 44.2 Å². The second-order valence-electron chi connectivity index (χ2n) is 18.1. The van der Waals surface area contributed by atoms with Gasteiger partial charge < -0.3 is 9.32 Å². The highest BCUT2D eigenvalue weighted by Gasteiger charge is 2.39. The minimum atomic E-state index is -0.185. The van der Waals surface area contributed by atoms with E-state index in [1.54, 1.807) is 0 Å². The maximum atomic E-state index is 6.57. The Balaban J connectivity index is 0.903. The summed E-state index contributed by atoms with van der Waals surface area (Å²) < 4.78 is 6.57. The molecule has 62 heavy (non-hydrogen) atoms. The van der Waals surface area contributed by atoms with Gasteiger partial charge in [0.25, 0.3) is 0 Å². The summed E-state index contributed by atoms with van der Waals surface area (Å²) in [6.07, 6.45) is 0. The SMILES string of the molecule is CC1(C)c2ccccc2-c2ccc(-c3ccc(N(c4ccc(-c5ccccc5)cc4)c4ccc(-c5ccc6c(c5)-c5ccc7c(oc8ccccc87)c5C6(C)C)cc4)cc3)cc21. The Morgan fingerprint density at radius 1 is 0.339 bits per heavy atom. The van der Waals surface area contributed by atoms with Crippen LogP contribution in [0.25, 0.3) is 77.6 Å². The third kappa shape index (κ3) is 5.49. The van der Waals surface area contributed by atoms with Crippen LogP contribution in [0.15, 0.2) is 205 Å². The van der Waals surface area contributed by atoms with Crippen molar-refractivity contribution in [3.05, 3.63) is 222 Å². The van der Waals surface area contributed by atoms with Crippen molar-refractivity contribution in [1.82, 2.24) is 0 Å². The van der Waals surface area contributed by atoms with Gasteiger partial charge in [0.15, 0.2) is 0 Å². The first-order valence-corrected chi connectivity index (χ1v) is 21.7. The van der Waals surface area contributed by atoms with E-state index < -0.39 is 0 Å². The van der Waals surface area contributed by atoms with E-state index in [4.69, 9.17) is 4.42 Å². The van der Waals surface area contributed by atoms with Crippen LogP contribution in [-0.2, 0) is 10.8 Å². The fourth-order valence-electron chi connectivity index (χ4n) is 10.6. The van der Waals surface area contributed by atoms with Crippen LogP contribution in [0, 0.1) is 0 Å². The fourth-order valence-corrected chi connectivity index (χ4v) is 10.6. The molecule has 2 heteroatoms. The number of nitrogens with zero attached hydrogens (tertiary/aromatic N) is 1. The highest BCUT2D eigenvalue weighted by molar-refractivity contribution is 6.09. The van der Waals surface area contributed by atoms with Crippen LogP contribution in [0.5, 0.6) is 0 Å². The largest absolute Gasteiger partial charge is 0.456 e. The molecule has 296 valence electrons. The van der Waals surface area contributed by atoms with Gasteiger partial charge in [0.1, 0.15) is 11.2 Å². The normalized spacial score (nSPS) is 14.1. The molecular formula is C60H45NO. The molecule has 0 aliphatic heterocycles. The van der Waals surface area contributed by atoms with Crippen molar-refractivity contribution in [2.45, 2.75) is 38.5 Å². The molecule has 0 amide bonds. The summed E-state index contributed by atoms with van der Waals surface area (Å²) in [6, 6.07) is 73.4. The standard InChI is InChI=1S/C60H45NO/c1-59(2)53-16-10-8-14-47(53)48-32-24-43(37-55(48)59)41-22-30-46(31-23-41)61(44-26-18-39(19-27-44)38-12-6-5-7-13-38)45-28-20-40(21-29-45)42-25-35-54-52(36-42)50-33-34-51-49-15-9-11-17-56(49)62-58(51)57(50)60(54,3)4/h5-37H,1-4H3. The van der Waals surface area contributed by atoms with Crippen molar-refractivity contribution < 1.29 is 4.42 Å². The predicted octanol–water partition coefficient (Wildman–Crippen LogP) is 16.7. The number of rotatable bonds is 6. The molecule has 12 rings (SSSR count). The van der Waals surface area contributed by atoms with E-state index in [1.165, 1.54) is 88.7 Å². The first kappa shape index (κ1) is 36.4. The number of hydrogen-bond donors (Lipinski definition) is 0. The van der Waals surface area contributed by atoms with Gasteiger partial charge in [0.2, 0.25) is 0 Å². The number of benzene rings is 9. The Morgan fingerprint density at radius 2 is 0.839 bits per heavy atom. The number of furan rings is 1. The molecule has 0 atom stereocenters. The zero-order chi connectivity index (χ0) is 41.7. The topological polar surface area (TPSA) is 16.4 Å². The molecule has 0 fully saturated rings. The Labute approximate surface area is 363 Å². The summed E-state index contributed by atoms with van der Waals surface area (Å²) in [4.78, 5) is 2.37. The molecule has 0 spiro atoms. The number of hydrogen-bond acceptors (Lipinski definition) is 2. The summed E-state index contributed by atoms with van der Waals surface area (Å²) in [5.41, 5.74) is 22.9. The molecule has 1 heterocycles. The summed E-state index contributed by atoms with van der Waals surface area (Å²) >= 11 is 0. The van der Waals surface area contributed by atoms with E-state index in [-0.39, 0.29) is 10.8 Å². The van der Waals surface area contributed by atoms with E-state index in [9.17, 15) is 0 Å². The monoisotopic (exact) mass is 795 g/mol. The van der Waals surface area contributed by atoms with Crippen LogP contribution in [0.3, 0.4) is 0 Å². The lowest BCUT2D eigenvalue weighted by atomic mass is 9.81. The van der Waals surface area contributed by atoms with Crippen molar-refractivity contribution in [1.29, 1.82) is 0 Å². The van der Waals surface area contributed by atoms with Gasteiger partial charge in [-0.2, -0.15) is 0 Å². The summed E-state index contributed by atoms with van der Waals surface area (Å²) in [5, 5.41) is 2.35. The molecular weight excluding hydrogens is 751 g/mol. The predicted molar refractivity (Wildman–Crippen MR) is 260 cm³/mol. The zero-order valence-corrected chi connectivity index (χ0v) is 35.4. The summed E-state index contributed by atoms with van der Waals surface area (Å²) in [6.45, 7) is 9.36. The Bertz CT molecular complexity index is 3370. The lowest BCUT2D eigenvalue weighted by Gasteiger charge is -2.26. The summed E-state index contributed by atoms with van der Waals surface area (Å²) in [5.74, 6) is 0. The Kier molecular flexibility index (Phi) is 7.96. The number of anilines is 3. The molecule has 10 aromatic rings. The summed E-state index contributed by atoms with van der Waals surface area (Å²) in [7, 11) is 0. The van der Waals surface area contributed by atoms with Gasteiger partial charge >= 0.3 is 0 Å². The van der Waals surface area contributed by atoms with Crippen LogP contribution in [-0.4, -0.2) is 0 Å². The zero-order valence-electron chi connectivity index (χ0n) is 35.4. The van der Waals surface area contributed by atoms with Crippen molar-refractivity contribution in [2.24, 2.45) is 0 Å². The molecule has 0 N–H and O–H groups in total. The van der Waals surface area contributed by atoms with Crippen LogP contribution in [0.4, 0.5) is 17.1 Å². The second-order valence-corrected chi connectivity index (χ2v) is 18.1. The van der Waals surface area contributed by atoms with E-state index in [2.05, 4.69) is 233 Å². The van der Waals surface area contributed by atoms with E-state index in [1.807, 2.05) is 0 Å². The van der Waals surface area contributed by atoms with Gasteiger partial charge in [-0.05, 0) is 133 Å². The third-order valence-corrected chi connectivity index (χ3v) is 13.9. The molecule has 2 nitrogen and oxygen atoms in total. The molecule has 9 aromatic carbocycles. The molecule has 0 saturated carbocycles. The number of para-hydroxylation sites is 1. The first-order chi connectivity index (χ1) is 30.2. The second kappa shape index (κ2) is 13.5. The lowest BCUT2D eigenvalue weighted by molar-refractivity contribution is 0.620. The third-order valence-electron chi connectivity index (χ3n) is 13.9. The Morgan fingerprint density at radius 3 is 1.53 bits per heavy atom. The highest BCUT2D eigenvalue weighted by atomic mass is 16.3. The van der Waals surface area contributed by atoms with Gasteiger partial charge in [-0.3, -0.25) is 0 Å². The van der Waals surface area contributed by atoms with Crippen LogP contribution >= 0.6 is 0 Å². The van der Waals surface area contributed by atoms with Crippen LogP contribution < -0.4 is 4.90 Å². The molecule has 0 radical (unpaired) electrons. The molecule has 0 saturated heterocycles. The van der Waals surface area contributed by atoms with Crippen molar-refractivity contribution in [2.75, 3.05) is 4.90 Å². The van der Waals surface area contributed by atoms with Crippen molar-refractivity contribution in [3.8, 4) is 55.6 Å².